The number of nitrogens with one attached hydrogen (secondary N) is 3. The summed E-state index contributed by atoms with van der Waals surface area (Å²) in [4.78, 5) is 26.8. The van der Waals surface area contributed by atoms with E-state index in [4.69, 9.17) is 0 Å². The van der Waals surface area contributed by atoms with E-state index in [1.54, 1.807) is 17.0 Å². The van der Waals surface area contributed by atoms with E-state index in [0.29, 0.717) is 26.1 Å². The van der Waals surface area contributed by atoms with Gasteiger partial charge in [0.25, 0.3) is 0 Å². The van der Waals surface area contributed by atoms with Gasteiger partial charge in [0.2, 0.25) is 0 Å². The molecule has 1 aliphatic heterocycles. The fourth-order valence-electron chi connectivity index (χ4n) is 3.97. The number of para-hydroxylation sites is 1. The lowest BCUT2D eigenvalue weighted by Crippen LogP contribution is -2.43. The molecule has 4 rings (SSSR count). The van der Waals surface area contributed by atoms with Gasteiger partial charge in [-0.1, -0.05) is 42.5 Å². The van der Waals surface area contributed by atoms with Crippen molar-refractivity contribution in [3.05, 3.63) is 89.5 Å². The van der Waals surface area contributed by atoms with E-state index in [-0.39, 0.29) is 17.8 Å². The Kier molecular flexibility index (Phi) is 7.09. The Morgan fingerprint density at radius 2 is 1.70 bits per heavy atom. The van der Waals surface area contributed by atoms with Crippen molar-refractivity contribution in [2.45, 2.75) is 25.8 Å². The lowest BCUT2D eigenvalue weighted by atomic mass is 9.98. The summed E-state index contributed by atoms with van der Waals surface area (Å²) in [5, 5.41) is 18.1. The minimum absolute atomic E-state index is 0.0773. The van der Waals surface area contributed by atoms with Crippen LogP contribution in [-0.2, 0) is 19.4 Å². The zero-order valence-corrected chi connectivity index (χ0v) is 18.4. The standard InChI is InChI=1S/C26H28N4O3/c31-22-13-11-19(12-14-22)6-5-16-27-26(33)30-17-15-23-20(18-30)7-4-10-24(23)29-25(32)28-21-8-2-1-3-9-21/h1-4,7-14,31H,5-6,15-18H2,(H,27,33)(H2,28,29,32). The fraction of sp³-hybridized carbons (Fsp3) is 0.231. The summed E-state index contributed by atoms with van der Waals surface area (Å²) in [6.07, 6.45) is 2.34. The number of phenolic OH excluding ortho intramolecular Hbond substituents is 1. The van der Waals surface area contributed by atoms with Crippen LogP contribution < -0.4 is 16.0 Å². The molecule has 0 fully saturated rings. The van der Waals surface area contributed by atoms with Crippen LogP contribution in [0.1, 0.15) is 23.1 Å². The van der Waals surface area contributed by atoms with Crippen molar-refractivity contribution in [2.24, 2.45) is 0 Å². The molecule has 170 valence electrons. The van der Waals surface area contributed by atoms with Crippen molar-refractivity contribution in [1.82, 2.24) is 10.2 Å². The molecule has 33 heavy (non-hydrogen) atoms. The zero-order valence-electron chi connectivity index (χ0n) is 18.4. The second kappa shape index (κ2) is 10.5. The molecule has 0 saturated carbocycles. The van der Waals surface area contributed by atoms with Crippen molar-refractivity contribution < 1.29 is 14.7 Å². The second-order valence-electron chi connectivity index (χ2n) is 8.06. The van der Waals surface area contributed by atoms with Crippen molar-refractivity contribution in [3.63, 3.8) is 0 Å². The maximum absolute atomic E-state index is 12.6. The molecule has 0 saturated heterocycles. The fourth-order valence-corrected chi connectivity index (χ4v) is 3.97. The van der Waals surface area contributed by atoms with Gasteiger partial charge in [0, 0.05) is 31.0 Å². The van der Waals surface area contributed by atoms with Gasteiger partial charge in [0.1, 0.15) is 5.75 Å². The van der Waals surface area contributed by atoms with Gasteiger partial charge in [-0.2, -0.15) is 0 Å². The first-order valence-electron chi connectivity index (χ1n) is 11.1. The minimum atomic E-state index is -0.289. The normalized spacial score (nSPS) is 12.5. The van der Waals surface area contributed by atoms with Crippen LogP contribution in [0.5, 0.6) is 5.75 Å². The topological polar surface area (TPSA) is 93.7 Å². The first kappa shape index (κ1) is 22.2. The van der Waals surface area contributed by atoms with Gasteiger partial charge in [-0.3, -0.25) is 0 Å². The SMILES string of the molecule is O=C(Nc1ccccc1)Nc1cccc2c1CCN(C(=O)NCCCc1ccc(O)cc1)C2. The molecule has 0 spiro atoms. The van der Waals surface area contributed by atoms with Crippen LogP contribution in [0.2, 0.25) is 0 Å². The molecule has 7 nitrogen and oxygen atoms in total. The van der Waals surface area contributed by atoms with Crippen molar-refractivity contribution in [3.8, 4) is 5.75 Å². The third-order valence-corrected chi connectivity index (χ3v) is 5.69. The van der Waals surface area contributed by atoms with E-state index in [0.717, 1.165) is 40.9 Å². The minimum Gasteiger partial charge on any atom is -0.508 e. The Labute approximate surface area is 193 Å². The molecule has 0 radical (unpaired) electrons. The number of anilines is 2. The number of nitrogens with zero attached hydrogens (tertiary/aromatic N) is 1. The lowest BCUT2D eigenvalue weighted by molar-refractivity contribution is 0.192. The van der Waals surface area contributed by atoms with Crippen LogP contribution in [0.15, 0.2) is 72.8 Å². The van der Waals surface area contributed by atoms with Crippen molar-refractivity contribution >= 4 is 23.4 Å². The van der Waals surface area contributed by atoms with Crippen LogP contribution in [0.4, 0.5) is 21.0 Å². The molecule has 0 atom stereocenters. The average Bonchev–Trinajstić information content (AvgIpc) is 2.83. The Morgan fingerprint density at radius 3 is 2.48 bits per heavy atom. The van der Waals surface area contributed by atoms with Crippen molar-refractivity contribution in [2.75, 3.05) is 23.7 Å². The molecule has 3 aromatic rings. The highest BCUT2D eigenvalue weighted by Gasteiger charge is 2.22. The molecule has 0 unspecified atom stereocenters. The van der Waals surface area contributed by atoms with Gasteiger partial charge in [0.15, 0.2) is 0 Å². The van der Waals surface area contributed by atoms with Crippen LogP contribution in [0, 0.1) is 0 Å². The largest absolute Gasteiger partial charge is 0.508 e. The van der Waals surface area contributed by atoms with E-state index in [9.17, 15) is 14.7 Å². The molecule has 0 bridgehead atoms. The Balaban J connectivity index is 1.28. The molecule has 7 heteroatoms. The zero-order chi connectivity index (χ0) is 23.0. The van der Waals surface area contributed by atoms with Gasteiger partial charge in [-0.05, 0) is 66.3 Å². The second-order valence-corrected chi connectivity index (χ2v) is 8.06. The predicted molar refractivity (Wildman–Crippen MR) is 129 cm³/mol. The van der Waals surface area contributed by atoms with Crippen LogP contribution in [0.3, 0.4) is 0 Å². The summed E-state index contributed by atoms with van der Waals surface area (Å²) in [7, 11) is 0. The van der Waals surface area contributed by atoms with Crippen LogP contribution >= 0.6 is 0 Å². The van der Waals surface area contributed by atoms with E-state index < -0.39 is 0 Å². The highest BCUT2D eigenvalue weighted by Crippen LogP contribution is 2.26. The molecule has 0 aromatic heterocycles. The van der Waals surface area contributed by atoms with Gasteiger partial charge in [0.05, 0.1) is 0 Å². The summed E-state index contributed by atoms with van der Waals surface area (Å²) in [6.45, 7) is 1.69. The number of urea groups is 2. The van der Waals surface area contributed by atoms with Gasteiger partial charge in [-0.25, -0.2) is 9.59 Å². The Hall–Kier alpha value is -4.00. The predicted octanol–water partition coefficient (Wildman–Crippen LogP) is 4.74. The van der Waals surface area contributed by atoms with Crippen LogP contribution in [0.25, 0.3) is 0 Å². The summed E-state index contributed by atoms with van der Waals surface area (Å²) in [6, 6.07) is 21.9. The molecule has 1 aliphatic rings. The third-order valence-electron chi connectivity index (χ3n) is 5.69. The summed E-state index contributed by atoms with van der Waals surface area (Å²) < 4.78 is 0. The number of fused-ring (bicyclic) bond motifs is 1. The Morgan fingerprint density at radius 1 is 0.909 bits per heavy atom. The van der Waals surface area contributed by atoms with Gasteiger partial charge >= 0.3 is 12.1 Å². The van der Waals surface area contributed by atoms with E-state index in [1.165, 1.54) is 0 Å². The number of phenols is 1. The summed E-state index contributed by atoms with van der Waals surface area (Å²) in [5.74, 6) is 0.257. The maximum atomic E-state index is 12.6. The molecule has 0 aliphatic carbocycles. The molecular formula is C26H28N4O3. The number of carbonyl (C=O) groups is 2. The average molecular weight is 445 g/mol. The number of rotatable bonds is 6. The number of aryl methyl sites for hydroxylation is 1. The Bertz CT molecular complexity index is 1100. The lowest BCUT2D eigenvalue weighted by Gasteiger charge is -2.30. The smallest absolute Gasteiger partial charge is 0.323 e. The molecule has 4 amide bonds. The number of aromatic hydroxyl groups is 1. The summed E-state index contributed by atoms with van der Waals surface area (Å²) in [5.41, 5.74) is 4.74. The highest BCUT2D eigenvalue weighted by atomic mass is 16.3. The van der Waals surface area contributed by atoms with Gasteiger partial charge < -0.3 is 26.0 Å². The van der Waals surface area contributed by atoms with E-state index >= 15 is 0 Å². The molecule has 3 aromatic carbocycles. The monoisotopic (exact) mass is 444 g/mol. The first-order valence-corrected chi connectivity index (χ1v) is 11.1. The third kappa shape index (κ3) is 6.04. The highest BCUT2D eigenvalue weighted by molar-refractivity contribution is 6.00. The first-order chi connectivity index (χ1) is 16.1. The number of hydrogen-bond donors (Lipinski definition) is 4. The quantitative estimate of drug-likeness (QED) is 0.414. The molecule has 4 N–H and O–H groups in total. The summed E-state index contributed by atoms with van der Waals surface area (Å²) >= 11 is 0. The number of carbonyl (C=O) groups excluding carboxylic acids is 2. The maximum Gasteiger partial charge on any atom is 0.323 e. The molecular weight excluding hydrogens is 416 g/mol. The van der Waals surface area contributed by atoms with E-state index in [1.807, 2.05) is 60.7 Å². The van der Waals surface area contributed by atoms with Gasteiger partial charge in [-0.15, -0.1) is 0 Å². The van der Waals surface area contributed by atoms with Crippen LogP contribution in [-0.4, -0.2) is 35.2 Å². The molecule has 1 heterocycles. The number of amides is 4. The van der Waals surface area contributed by atoms with Crippen molar-refractivity contribution in [1.29, 1.82) is 0 Å². The number of benzene rings is 3. The van der Waals surface area contributed by atoms with E-state index in [2.05, 4.69) is 16.0 Å². The number of hydrogen-bond acceptors (Lipinski definition) is 3.